The highest BCUT2D eigenvalue weighted by atomic mass is 16.5. The predicted molar refractivity (Wildman–Crippen MR) is 93.5 cm³/mol. The van der Waals surface area contributed by atoms with Crippen molar-refractivity contribution in [3.8, 4) is 0 Å². The Bertz CT molecular complexity index is 670. The van der Waals surface area contributed by atoms with Crippen LogP contribution in [0.4, 0.5) is 0 Å². The number of nitrogens with zero attached hydrogens (tertiary/aromatic N) is 2. The molecule has 0 bridgehead atoms. The van der Waals surface area contributed by atoms with Crippen LogP contribution in [0.25, 0.3) is 0 Å². The average molecular weight is 352 g/mol. The van der Waals surface area contributed by atoms with Crippen LogP contribution in [0.15, 0.2) is 16.9 Å². The second-order valence-corrected chi connectivity index (χ2v) is 7.21. The molecule has 2 N–H and O–H groups in total. The summed E-state index contributed by atoms with van der Waals surface area (Å²) in [5.41, 5.74) is 0.552. The summed E-state index contributed by atoms with van der Waals surface area (Å²) in [7, 11) is 1.64. The molecule has 0 spiro atoms. The number of hydrogen-bond acceptors (Lipinski definition) is 5. The number of aliphatic hydroxyl groups excluding tert-OH is 2. The molecule has 140 valence electrons. The van der Waals surface area contributed by atoms with Crippen LogP contribution in [-0.4, -0.2) is 64.1 Å². The number of aliphatic hydroxyl groups is 2. The minimum atomic E-state index is -0.956. The molecule has 7 heteroatoms. The van der Waals surface area contributed by atoms with Gasteiger partial charge in [0.2, 0.25) is 0 Å². The van der Waals surface area contributed by atoms with Crippen LogP contribution in [0.5, 0.6) is 0 Å². The molecule has 0 aliphatic carbocycles. The van der Waals surface area contributed by atoms with Crippen molar-refractivity contribution in [1.29, 1.82) is 0 Å². The second-order valence-electron chi connectivity index (χ2n) is 7.21. The van der Waals surface area contributed by atoms with Crippen molar-refractivity contribution in [1.82, 2.24) is 9.47 Å². The van der Waals surface area contributed by atoms with Crippen LogP contribution in [0.3, 0.4) is 0 Å². The van der Waals surface area contributed by atoms with E-state index >= 15 is 0 Å². The third-order valence-electron chi connectivity index (χ3n) is 4.61. The lowest BCUT2D eigenvalue weighted by atomic mass is 9.95. The van der Waals surface area contributed by atoms with E-state index in [2.05, 4.69) is 0 Å². The zero-order valence-corrected chi connectivity index (χ0v) is 15.3. The smallest absolute Gasteiger partial charge is 0.263 e. The zero-order valence-electron chi connectivity index (χ0n) is 15.3. The van der Waals surface area contributed by atoms with Gasteiger partial charge in [-0.3, -0.25) is 9.59 Å². The first-order chi connectivity index (χ1) is 11.7. The van der Waals surface area contributed by atoms with E-state index in [1.54, 1.807) is 31.0 Å². The van der Waals surface area contributed by atoms with Crippen LogP contribution >= 0.6 is 0 Å². The Labute approximate surface area is 147 Å². The summed E-state index contributed by atoms with van der Waals surface area (Å²) in [6.45, 7) is 6.81. The topological polar surface area (TPSA) is 92.0 Å². The van der Waals surface area contributed by atoms with Gasteiger partial charge in [-0.15, -0.1) is 0 Å². The highest BCUT2D eigenvalue weighted by molar-refractivity contribution is 5.93. The molecular weight excluding hydrogens is 324 g/mol. The first-order valence-electron chi connectivity index (χ1n) is 8.62. The number of aromatic nitrogens is 1. The Kier molecular flexibility index (Phi) is 6.37. The minimum Gasteiger partial charge on any atom is -0.390 e. The van der Waals surface area contributed by atoms with Crippen molar-refractivity contribution < 1.29 is 19.7 Å². The molecule has 0 unspecified atom stereocenters. The number of pyridine rings is 1. The summed E-state index contributed by atoms with van der Waals surface area (Å²) in [4.78, 5) is 27.0. The first kappa shape index (κ1) is 19.6. The molecular formula is C18H28N2O5. The van der Waals surface area contributed by atoms with Gasteiger partial charge in [0.25, 0.3) is 11.5 Å². The predicted octanol–water partition coefficient (Wildman–Crippen LogP) is 0.160. The van der Waals surface area contributed by atoms with E-state index in [9.17, 15) is 19.8 Å². The van der Waals surface area contributed by atoms with Gasteiger partial charge in [-0.25, -0.2) is 0 Å². The molecule has 1 amide bonds. The number of carbonyl (C=O) groups excluding carboxylic acids is 1. The number of ether oxygens (including phenoxy) is 1. The molecule has 1 aliphatic heterocycles. The maximum absolute atomic E-state index is 13.0. The van der Waals surface area contributed by atoms with Gasteiger partial charge in [0.05, 0.1) is 19.3 Å². The fourth-order valence-corrected chi connectivity index (χ4v) is 3.04. The Balaban J connectivity index is 2.26. The van der Waals surface area contributed by atoms with Crippen LogP contribution in [0.1, 0.15) is 29.9 Å². The highest BCUT2D eigenvalue weighted by Crippen LogP contribution is 2.18. The normalized spacial score (nSPS) is 23.7. The van der Waals surface area contributed by atoms with E-state index in [-0.39, 0.29) is 48.6 Å². The van der Waals surface area contributed by atoms with Gasteiger partial charge in [0.15, 0.2) is 0 Å². The lowest BCUT2D eigenvalue weighted by molar-refractivity contribution is -0.124. The minimum absolute atomic E-state index is 0.0916. The van der Waals surface area contributed by atoms with E-state index < -0.39 is 12.2 Å². The molecule has 1 aromatic heterocycles. The third kappa shape index (κ3) is 4.48. The molecule has 2 heterocycles. The number of amides is 1. The van der Waals surface area contributed by atoms with E-state index in [0.29, 0.717) is 6.54 Å². The Morgan fingerprint density at radius 2 is 2.04 bits per heavy atom. The first-order valence-corrected chi connectivity index (χ1v) is 8.62. The van der Waals surface area contributed by atoms with Crippen LogP contribution in [0.2, 0.25) is 0 Å². The number of rotatable bonds is 5. The summed E-state index contributed by atoms with van der Waals surface area (Å²) < 4.78 is 6.75. The molecule has 1 fully saturated rings. The largest absolute Gasteiger partial charge is 0.390 e. The SMILES string of the molecule is Cc1ccc(C(=O)N(CC(C)C)C[C@@H]2COC[C@@H](O)[C@H]2O)c(=O)n1C. The van der Waals surface area contributed by atoms with Gasteiger partial charge in [-0.1, -0.05) is 13.8 Å². The maximum atomic E-state index is 13.0. The van der Waals surface area contributed by atoms with E-state index in [1.807, 2.05) is 13.8 Å². The van der Waals surface area contributed by atoms with E-state index in [4.69, 9.17) is 4.74 Å². The monoisotopic (exact) mass is 352 g/mol. The van der Waals surface area contributed by atoms with Gasteiger partial charge in [-0.05, 0) is 25.0 Å². The molecule has 3 atom stereocenters. The molecule has 1 aliphatic rings. The summed E-state index contributed by atoms with van der Waals surface area (Å²) in [5.74, 6) is -0.549. The molecule has 7 nitrogen and oxygen atoms in total. The van der Waals surface area contributed by atoms with Gasteiger partial charge in [-0.2, -0.15) is 0 Å². The van der Waals surface area contributed by atoms with Crippen molar-refractivity contribution in [2.45, 2.75) is 33.0 Å². The maximum Gasteiger partial charge on any atom is 0.263 e. The van der Waals surface area contributed by atoms with Crippen LogP contribution in [-0.2, 0) is 11.8 Å². The van der Waals surface area contributed by atoms with Crippen molar-refractivity contribution in [2.24, 2.45) is 18.9 Å². The Hall–Kier alpha value is -1.70. The lowest BCUT2D eigenvalue weighted by Crippen LogP contribution is -2.50. The molecule has 1 saturated heterocycles. The van der Waals surface area contributed by atoms with Gasteiger partial charge < -0.3 is 24.4 Å². The zero-order chi connectivity index (χ0) is 18.7. The molecule has 0 radical (unpaired) electrons. The van der Waals surface area contributed by atoms with E-state index in [0.717, 1.165) is 5.69 Å². The quantitative estimate of drug-likeness (QED) is 0.788. The average Bonchev–Trinajstić information content (AvgIpc) is 2.55. The van der Waals surface area contributed by atoms with E-state index in [1.165, 1.54) is 4.57 Å². The van der Waals surface area contributed by atoms with Gasteiger partial charge >= 0.3 is 0 Å². The van der Waals surface area contributed by atoms with Gasteiger partial charge in [0, 0.05) is 31.7 Å². The summed E-state index contributed by atoms with van der Waals surface area (Å²) in [6.07, 6.45) is -1.90. The van der Waals surface area contributed by atoms with Crippen molar-refractivity contribution >= 4 is 5.91 Å². The van der Waals surface area contributed by atoms with Gasteiger partial charge in [0.1, 0.15) is 11.7 Å². The van der Waals surface area contributed by atoms with Crippen LogP contribution in [0, 0.1) is 18.8 Å². The summed E-state index contributed by atoms with van der Waals surface area (Å²) in [6, 6.07) is 3.29. The number of aryl methyl sites for hydroxylation is 1. The lowest BCUT2D eigenvalue weighted by Gasteiger charge is -2.36. The molecule has 25 heavy (non-hydrogen) atoms. The van der Waals surface area contributed by atoms with Crippen LogP contribution < -0.4 is 5.56 Å². The third-order valence-corrected chi connectivity index (χ3v) is 4.61. The Morgan fingerprint density at radius 1 is 1.36 bits per heavy atom. The molecule has 0 saturated carbocycles. The molecule has 0 aromatic carbocycles. The molecule has 2 rings (SSSR count). The van der Waals surface area contributed by atoms with Crippen molar-refractivity contribution in [2.75, 3.05) is 26.3 Å². The Morgan fingerprint density at radius 3 is 2.68 bits per heavy atom. The fraction of sp³-hybridized carbons (Fsp3) is 0.667. The molecule has 1 aromatic rings. The van der Waals surface area contributed by atoms with Crippen molar-refractivity contribution in [3.05, 3.63) is 33.7 Å². The van der Waals surface area contributed by atoms with Crippen molar-refractivity contribution in [3.63, 3.8) is 0 Å². The summed E-state index contributed by atoms with van der Waals surface area (Å²) in [5, 5.41) is 20.0. The number of carbonyl (C=O) groups is 1. The second kappa shape index (κ2) is 8.12. The summed E-state index contributed by atoms with van der Waals surface area (Å²) >= 11 is 0. The standard InChI is InChI=1S/C18H28N2O5/c1-11(2)7-20(8-13-9-25-10-15(21)16(13)22)18(24)14-6-5-12(3)19(4)17(14)23/h5-6,11,13,15-16,21-22H,7-10H2,1-4H3/t13-,15-,16+/m1/s1. The highest BCUT2D eigenvalue weighted by Gasteiger charge is 2.34. The fourth-order valence-electron chi connectivity index (χ4n) is 3.04. The number of hydrogen-bond donors (Lipinski definition) is 2.